The number of rotatable bonds is 4. The van der Waals surface area contributed by atoms with Gasteiger partial charge in [0.05, 0.1) is 0 Å². The van der Waals surface area contributed by atoms with E-state index in [2.05, 4.69) is 21.2 Å². The van der Waals surface area contributed by atoms with Gasteiger partial charge in [-0.15, -0.1) is 0 Å². The molecule has 4 nitrogen and oxygen atoms in total. The van der Waals surface area contributed by atoms with E-state index in [1.165, 1.54) is 19.1 Å². The summed E-state index contributed by atoms with van der Waals surface area (Å²) in [4.78, 5) is 21.9. The normalized spacial score (nSPS) is 11.9. The molecular weight excluding hydrogens is 293 g/mol. The Bertz CT molecular complexity index is 430. The first kappa shape index (κ1) is 13.6. The van der Waals surface area contributed by atoms with Gasteiger partial charge in [0, 0.05) is 11.0 Å². The van der Waals surface area contributed by atoms with Crippen LogP contribution in [-0.4, -0.2) is 17.0 Å². The summed E-state index contributed by atoms with van der Waals surface area (Å²) >= 11 is 3.13. The van der Waals surface area contributed by atoms with E-state index in [9.17, 15) is 14.0 Å². The quantitative estimate of drug-likeness (QED) is 0.835. The zero-order valence-corrected chi connectivity index (χ0v) is 10.6. The van der Waals surface area contributed by atoms with Gasteiger partial charge in [-0.1, -0.05) is 15.9 Å². The van der Waals surface area contributed by atoms with Crippen LogP contribution in [-0.2, 0) is 16.1 Å². The lowest BCUT2D eigenvalue weighted by molar-refractivity contribution is -0.146. The van der Waals surface area contributed by atoms with Crippen molar-refractivity contribution in [2.45, 2.75) is 13.5 Å². The van der Waals surface area contributed by atoms with Gasteiger partial charge in [0.2, 0.25) is 5.91 Å². The van der Waals surface area contributed by atoms with Gasteiger partial charge in [0.1, 0.15) is 11.7 Å². The Morgan fingerprint density at radius 3 is 2.65 bits per heavy atom. The summed E-state index contributed by atoms with van der Waals surface area (Å²) in [5.41, 5.74) is 0.558. The fraction of sp³-hybridized carbons (Fsp3) is 0.273. The molecular formula is C11H11BrFNO3. The standard InChI is InChI=1S/C11H11BrFNO3/c1-6(11(16)17)10(15)14-5-7-2-8(12)4-9(13)3-7/h2-4,6H,5H2,1H3,(H,14,15)(H,16,17). The van der Waals surface area contributed by atoms with E-state index in [0.717, 1.165) is 0 Å². The lowest BCUT2D eigenvalue weighted by Gasteiger charge is -2.08. The molecule has 1 rings (SSSR count). The second-order valence-electron chi connectivity index (χ2n) is 3.56. The maximum absolute atomic E-state index is 13.0. The van der Waals surface area contributed by atoms with Gasteiger partial charge in [0.25, 0.3) is 0 Å². The minimum atomic E-state index is -1.19. The average molecular weight is 304 g/mol. The summed E-state index contributed by atoms with van der Waals surface area (Å²) in [7, 11) is 0. The van der Waals surface area contributed by atoms with Crippen LogP contribution in [0.15, 0.2) is 22.7 Å². The predicted octanol–water partition coefficient (Wildman–Crippen LogP) is 1.93. The number of carbonyl (C=O) groups excluding carboxylic acids is 1. The Kier molecular flexibility index (Phi) is 4.62. The Balaban J connectivity index is 2.61. The molecule has 6 heteroatoms. The summed E-state index contributed by atoms with van der Waals surface area (Å²) < 4.78 is 13.6. The second-order valence-corrected chi connectivity index (χ2v) is 4.47. The summed E-state index contributed by atoms with van der Waals surface area (Å²) in [6.07, 6.45) is 0. The molecule has 0 aliphatic rings. The molecule has 0 fully saturated rings. The number of amides is 1. The van der Waals surface area contributed by atoms with Gasteiger partial charge >= 0.3 is 5.97 Å². The maximum atomic E-state index is 13.0. The summed E-state index contributed by atoms with van der Waals surface area (Å²) in [6.45, 7) is 1.38. The lowest BCUT2D eigenvalue weighted by atomic mass is 10.1. The Labute approximate surface area is 106 Å². The van der Waals surface area contributed by atoms with E-state index in [1.54, 1.807) is 6.07 Å². The first-order valence-electron chi connectivity index (χ1n) is 4.85. The minimum Gasteiger partial charge on any atom is -0.481 e. The summed E-state index contributed by atoms with van der Waals surface area (Å²) in [5, 5.41) is 11.0. The molecule has 0 saturated heterocycles. The molecule has 1 aromatic carbocycles. The van der Waals surface area contributed by atoms with E-state index < -0.39 is 23.6 Å². The second kappa shape index (κ2) is 5.77. The highest BCUT2D eigenvalue weighted by Gasteiger charge is 2.19. The minimum absolute atomic E-state index is 0.0901. The van der Waals surface area contributed by atoms with Crippen LogP contribution in [0.5, 0.6) is 0 Å². The van der Waals surface area contributed by atoms with Crippen LogP contribution in [0.4, 0.5) is 4.39 Å². The van der Waals surface area contributed by atoms with Crippen molar-refractivity contribution in [3.05, 3.63) is 34.1 Å². The number of carboxylic acid groups (broad SMARTS) is 1. The molecule has 2 N–H and O–H groups in total. The SMILES string of the molecule is CC(C(=O)O)C(=O)NCc1cc(F)cc(Br)c1. The van der Waals surface area contributed by atoms with Crippen molar-refractivity contribution >= 4 is 27.8 Å². The third kappa shape index (κ3) is 4.14. The van der Waals surface area contributed by atoms with Crippen molar-refractivity contribution in [3.63, 3.8) is 0 Å². The van der Waals surface area contributed by atoms with Crippen LogP contribution in [0.25, 0.3) is 0 Å². The van der Waals surface area contributed by atoms with E-state index in [1.807, 2.05) is 0 Å². The van der Waals surface area contributed by atoms with Crippen molar-refractivity contribution in [1.29, 1.82) is 0 Å². The Morgan fingerprint density at radius 2 is 2.12 bits per heavy atom. The molecule has 92 valence electrons. The number of hydrogen-bond donors (Lipinski definition) is 2. The molecule has 0 spiro atoms. The van der Waals surface area contributed by atoms with Crippen molar-refractivity contribution < 1.29 is 19.1 Å². The molecule has 0 heterocycles. The molecule has 0 bridgehead atoms. The van der Waals surface area contributed by atoms with E-state index >= 15 is 0 Å². The van der Waals surface area contributed by atoms with Crippen LogP contribution in [0.2, 0.25) is 0 Å². The van der Waals surface area contributed by atoms with Crippen LogP contribution < -0.4 is 5.32 Å². The Hall–Kier alpha value is -1.43. The highest BCUT2D eigenvalue weighted by Crippen LogP contribution is 2.14. The van der Waals surface area contributed by atoms with Crippen molar-refractivity contribution in [2.24, 2.45) is 5.92 Å². The number of nitrogens with one attached hydrogen (secondary N) is 1. The lowest BCUT2D eigenvalue weighted by Crippen LogP contribution is -2.33. The molecule has 0 aromatic heterocycles. The molecule has 0 saturated carbocycles. The molecule has 1 aromatic rings. The fourth-order valence-corrected chi connectivity index (χ4v) is 1.68. The number of benzene rings is 1. The third-order valence-electron chi connectivity index (χ3n) is 2.15. The van der Waals surface area contributed by atoms with E-state index in [-0.39, 0.29) is 6.54 Å². The average Bonchev–Trinajstić information content (AvgIpc) is 2.23. The molecule has 0 aliphatic carbocycles. The van der Waals surface area contributed by atoms with Crippen molar-refractivity contribution in [3.8, 4) is 0 Å². The monoisotopic (exact) mass is 303 g/mol. The number of carboxylic acids is 1. The van der Waals surface area contributed by atoms with Crippen LogP contribution in [0.3, 0.4) is 0 Å². The molecule has 1 amide bonds. The number of hydrogen-bond acceptors (Lipinski definition) is 2. The number of aliphatic carboxylic acids is 1. The van der Waals surface area contributed by atoms with Gasteiger partial charge in [0.15, 0.2) is 0 Å². The number of halogens is 2. The van der Waals surface area contributed by atoms with Crippen LogP contribution >= 0.6 is 15.9 Å². The van der Waals surface area contributed by atoms with Gasteiger partial charge in [-0.3, -0.25) is 9.59 Å². The molecule has 0 radical (unpaired) electrons. The van der Waals surface area contributed by atoms with Crippen molar-refractivity contribution in [1.82, 2.24) is 5.32 Å². The third-order valence-corrected chi connectivity index (χ3v) is 2.61. The van der Waals surface area contributed by atoms with Gasteiger partial charge in [-0.05, 0) is 30.7 Å². The molecule has 1 unspecified atom stereocenters. The van der Waals surface area contributed by atoms with Gasteiger partial charge in [-0.25, -0.2) is 4.39 Å². The fourth-order valence-electron chi connectivity index (χ4n) is 1.17. The smallest absolute Gasteiger partial charge is 0.315 e. The summed E-state index contributed by atoms with van der Waals surface area (Å²) in [6, 6.07) is 4.22. The van der Waals surface area contributed by atoms with Crippen LogP contribution in [0, 0.1) is 11.7 Å². The molecule has 0 aliphatic heterocycles. The highest BCUT2D eigenvalue weighted by molar-refractivity contribution is 9.10. The zero-order chi connectivity index (χ0) is 13.0. The van der Waals surface area contributed by atoms with E-state index in [0.29, 0.717) is 10.0 Å². The van der Waals surface area contributed by atoms with Gasteiger partial charge < -0.3 is 10.4 Å². The predicted molar refractivity (Wildman–Crippen MR) is 62.7 cm³/mol. The van der Waals surface area contributed by atoms with Gasteiger partial charge in [-0.2, -0.15) is 0 Å². The molecule has 1 atom stereocenters. The highest BCUT2D eigenvalue weighted by atomic mass is 79.9. The van der Waals surface area contributed by atoms with E-state index in [4.69, 9.17) is 5.11 Å². The number of carbonyl (C=O) groups is 2. The maximum Gasteiger partial charge on any atom is 0.315 e. The first-order valence-corrected chi connectivity index (χ1v) is 5.65. The molecule has 17 heavy (non-hydrogen) atoms. The Morgan fingerprint density at radius 1 is 1.47 bits per heavy atom. The largest absolute Gasteiger partial charge is 0.481 e. The van der Waals surface area contributed by atoms with Crippen molar-refractivity contribution in [2.75, 3.05) is 0 Å². The summed E-state index contributed by atoms with van der Waals surface area (Å²) in [5.74, 6) is -3.33. The topological polar surface area (TPSA) is 66.4 Å². The zero-order valence-electron chi connectivity index (χ0n) is 9.04. The first-order chi connectivity index (χ1) is 7.90. The van der Waals surface area contributed by atoms with Crippen LogP contribution in [0.1, 0.15) is 12.5 Å².